The van der Waals surface area contributed by atoms with E-state index in [0.717, 1.165) is 12.6 Å². The van der Waals surface area contributed by atoms with Gasteiger partial charge in [0, 0.05) is 24.4 Å². The minimum absolute atomic E-state index is 0.507. The molecule has 1 atom stereocenters. The van der Waals surface area contributed by atoms with Crippen LogP contribution in [0.1, 0.15) is 18.4 Å². The van der Waals surface area contributed by atoms with Crippen LogP contribution in [0.3, 0.4) is 0 Å². The number of benzene rings is 1. The van der Waals surface area contributed by atoms with Gasteiger partial charge >= 0.3 is 0 Å². The first-order chi connectivity index (χ1) is 7.74. The second-order valence-corrected chi connectivity index (χ2v) is 5.45. The third-order valence-corrected chi connectivity index (χ3v) is 4.05. The minimum atomic E-state index is -0.507. The van der Waals surface area contributed by atoms with E-state index in [1.54, 1.807) is 0 Å². The molecule has 4 heteroatoms. The molecule has 0 aliphatic carbocycles. The van der Waals surface area contributed by atoms with E-state index >= 15 is 0 Å². The molecule has 16 heavy (non-hydrogen) atoms. The van der Waals surface area contributed by atoms with Gasteiger partial charge in [0.15, 0.2) is 0 Å². The Morgan fingerprint density at radius 1 is 1.25 bits per heavy atom. The summed E-state index contributed by atoms with van der Waals surface area (Å²) in [5.41, 5.74) is 0.667. The SMILES string of the molecule is Fc1cc(F)cc(CNCC2CCCS2)c1. The molecule has 1 heterocycles. The van der Waals surface area contributed by atoms with Crippen molar-refractivity contribution in [3.63, 3.8) is 0 Å². The van der Waals surface area contributed by atoms with E-state index in [1.807, 2.05) is 11.8 Å². The molecular weight excluding hydrogens is 228 g/mol. The van der Waals surface area contributed by atoms with Gasteiger partial charge in [-0.05, 0) is 36.3 Å². The quantitative estimate of drug-likeness (QED) is 0.872. The Labute approximate surface area is 98.6 Å². The third kappa shape index (κ3) is 3.46. The van der Waals surface area contributed by atoms with Crippen LogP contribution in [0.4, 0.5) is 8.78 Å². The van der Waals surface area contributed by atoms with Crippen LogP contribution in [-0.4, -0.2) is 17.5 Å². The lowest BCUT2D eigenvalue weighted by Gasteiger charge is -2.10. The molecule has 88 valence electrons. The summed E-state index contributed by atoms with van der Waals surface area (Å²) >= 11 is 1.97. The maximum absolute atomic E-state index is 12.9. The number of hydrogen-bond acceptors (Lipinski definition) is 2. The van der Waals surface area contributed by atoms with Gasteiger partial charge < -0.3 is 5.32 Å². The van der Waals surface area contributed by atoms with Crippen LogP contribution >= 0.6 is 11.8 Å². The highest BCUT2D eigenvalue weighted by Gasteiger charge is 2.14. The van der Waals surface area contributed by atoms with E-state index in [2.05, 4.69) is 5.32 Å². The zero-order valence-corrected chi connectivity index (χ0v) is 9.83. The molecule has 1 fully saturated rings. The lowest BCUT2D eigenvalue weighted by molar-refractivity contribution is 0.573. The van der Waals surface area contributed by atoms with Crippen LogP contribution in [0, 0.1) is 11.6 Å². The minimum Gasteiger partial charge on any atom is -0.312 e. The van der Waals surface area contributed by atoms with Crippen LogP contribution in [0.25, 0.3) is 0 Å². The Hall–Kier alpha value is -0.610. The average Bonchev–Trinajstić information content (AvgIpc) is 2.69. The van der Waals surface area contributed by atoms with Gasteiger partial charge in [-0.1, -0.05) is 0 Å². The van der Waals surface area contributed by atoms with Gasteiger partial charge in [0.05, 0.1) is 0 Å². The molecule has 2 rings (SSSR count). The van der Waals surface area contributed by atoms with Gasteiger partial charge in [-0.25, -0.2) is 8.78 Å². The number of hydrogen-bond donors (Lipinski definition) is 1. The van der Waals surface area contributed by atoms with Crippen molar-refractivity contribution in [2.45, 2.75) is 24.6 Å². The van der Waals surface area contributed by atoms with E-state index in [1.165, 1.54) is 30.7 Å². The summed E-state index contributed by atoms with van der Waals surface area (Å²) in [5, 5.41) is 3.91. The second kappa shape index (κ2) is 5.64. The van der Waals surface area contributed by atoms with Gasteiger partial charge in [-0.15, -0.1) is 0 Å². The maximum atomic E-state index is 12.9. The van der Waals surface area contributed by atoms with Crippen molar-refractivity contribution in [3.8, 4) is 0 Å². The highest BCUT2D eigenvalue weighted by molar-refractivity contribution is 8.00. The largest absolute Gasteiger partial charge is 0.312 e. The summed E-state index contributed by atoms with van der Waals surface area (Å²) in [6.45, 7) is 1.45. The van der Waals surface area contributed by atoms with E-state index in [9.17, 15) is 8.78 Å². The Morgan fingerprint density at radius 2 is 2.00 bits per heavy atom. The monoisotopic (exact) mass is 243 g/mol. The molecule has 1 aliphatic heterocycles. The summed E-state index contributed by atoms with van der Waals surface area (Å²) in [4.78, 5) is 0. The molecule has 1 nitrogen and oxygen atoms in total. The Balaban J connectivity index is 1.80. The molecule has 1 N–H and O–H groups in total. The van der Waals surface area contributed by atoms with Crippen LogP contribution in [0.2, 0.25) is 0 Å². The predicted molar refractivity (Wildman–Crippen MR) is 63.5 cm³/mol. The molecule has 0 saturated carbocycles. The van der Waals surface area contributed by atoms with Crippen molar-refractivity contribution < 1.29 is 8.78 Å². The molecule has 0 amide bonds. The summed E-state index contributed by atoms with van der Waals surface area (Å²) < 4.78 is 25.8. The second-order valence-electron chi connectivity index (χ2n) is 4.04. The number of halogens is 2. The van der Waals surface area contributed by atoms with Crippen LogP contribution in [0.5, 0.6) is 0 Å². The fraction of sp³-hybridized carbons (Fsp3) is 0.500. The lowest BCUT2D eigenvalue weighted by Crippen LogP contribution is -2.22. The fourth-order valence-corrected chi connectivity index (χ4v) is 3.13. The normalized spacial score (nSPS) is 20.2. The molecule has 1 aromatic carbocycles. The van der Waals surface area contributed by atoms with Gasteiger partial charge in [0.2, 0.25) is 0 Å². The molecule has 0 aromatic heterocycles. The molecule has 1 aromatic rings. The van der Waals surface area contributed by atoms with E-state index in [-0.39, 0.29) is 0 Å². The van der Waals surface area contributed by atoms with Crippen LogP contribution in [0.15, 0.2) is 18.2 Å². The third-order valence-electron chi connectivity index (χ3n) is 2.65. The van der Waals surface area contributed by atoms with E-state index in [0.29, 0.717) is 17.4 Å². The summed E-state index contributed by atoms with van der Waals surface area (Å²) in [7, 11) is 0. The highest BCUT2D eigenvalue weighted by Crippen LogP contribution is 2.25. The smallest absolute Gasteiger partial charge is 0.126 e. The zero-order chi connectivity index (χ0) is 11.4. The Morgan fingerprint density at radius 3 is 2.62 bits per heavy atom. The van der Waals surface area contributed by atoms with Gasteiger partial charge in [-0.2, -0.15) is 11.8 Å². The van der Waals surface area contributed by atoms with Crippen LogP contribution in [-0.2, 0) is 6.54 Å². The molecule has 0 spiro atoms. The standard InChI is InChI=1S/C12H15F2NS/c13-10-4-9(5-11(14)6-10)7-15-8-12-2-1-3-16-12/h4-6,12,15H,1-3,7-8H2. The summed E-state index contributed by atoms with van der Waals surface area (Å²) in [6.07, 6.45) is 2.53. The first kappa shape index (κ1) is 11.9. The van der Waals surface area contributed by atoms with Gasteiger partial charge in [-0.3, -0.25) is 0 Å². The summed E-state index contributed by atoms with van der Waals surface area (Å²) in [6, 6.07) is 3.64. The van der Waals surface area contributed by atoms with Crippen molar-refractivity contribution in [2.75, 3.05) is 12.3 Å². The summed E-state index contributed by atoms with van der Waals surface area (Å²) in [5.74, 6) is 0.222. The van der Waals surface area contributed by atoms with Gasteiger partial charge in [0.1, 0.15) is 11.6 Å². The first-order valence-electron chi connectivity index (χ1n) is 5.51. The molecule has 1 unspecified atom stereocenters. The van der Waals surface area contributed by atoms with Crippen molar-refractivity contribution in [3.05, 3.63) is 35.4 Å². The number of nitrogens with one attached hydrogen (secondary N) is 1. The van der Waals surface area contributed by atoms with Crippen molar-refractivity contribution in [2.24, 2.45) is 0 Å². The molecular formula is C12H15F2NS. The van der Waals surface area contributed by atoms with E-state index < -0.39 is 11.6 Å². The Bertz CT molecular complexity index is 331. The molecule has 0 bridgehead atoms. The maximum Gasteiger partial charge on any atom is 0.126 e. The molecule has 0 radical (unpaired) electrons. The van der Waals surface area contributed by atoms with E-state index in [4.69, 9.17) is 0 Å². The molecule has 1 aliphatic rings. The van der Waals surface area contributed by atoms with Crippen molar-refractivity contribution >= 4 is 11.8 Å². The predicted octanol–water partition coefficient (Wildman–Crippen LogP) is 2.95. The van der Waals surface area contributed by atoms with Crippen molar-refractivity contribution in [1.82, 2.24) is 5.32 Å². The number of thioether (sulfide) groups is 1. The lowest BCUT2D eigenvalue weighted by atomic mass is 10.2. The fourth-order valence-electron chi connectivity index (χ4n) is 1.90. The molecule has 1 saturated heterocycles. The Kier molecular flexibility index (Phi) is 4.18. The van der Waals surface area contributed by atoms with Crippen LogP contribution < -0.4 is 5.32 Å². The highest BCUT2D eigenvalue weighted by atomic mass is 32.2. The van der Waals surface area contributed by atoms with Crippen molar-refractivity contribution in [1.29, 1.82) is 0 Å². The zero-order valence-electron chi connectivity index (χ0n) is 9.01. The first-order valence-corrected chi connectivity index (χ1v) is 6.56. The van der Waals surface area contributed by atoms with Gasteiger partial charge in [0.25, 0.3) is 0 Å². The topological polar surface area (TPSA) is 12.0 Å². The number of rotatable bonds is 4. The average molecular weight is 243 g/mol.